The molecule has 1 aromatic heterocycles. The largest absolute Gasteiger partial charge is 0.376 e. The van der Waals surface area contributed by atoms with Crippen molar-refractivity contribution in [3.05, 3.63) is 167 Å². The zero-order valence-electron chi connectivity index (χ0n) is 21.6. The van der Waals surface area contributed by atoms with Gasteiger partial charge in [-0.3, -0.25) is 0 Å². The molecule has 0 saturated heterocycles. The van der Waals surface area contributed by atoms with Crippen LogP contribution >= 0.6 is 27.3 Å². The molecule has 1 N–H and O–H groups in total. The van der Waals surface area contributed by atoms with Crippen molar-refractivity contribution in [2.45, 2.75) is 5.60 Å². The number of aliphatic hydroxyl groups is 1. The van der Waals surface area contributed by atoms with Crippen LogP contribution in [0.2, 0.25) is 0 Å². The first-order chi connectivity index (χ1) is 19.6. The molecule has 7 rings (SSSR count). The Labute approximate surface area is 246 Å². The fourth-order valence-electron chi connectivity index (χ4n) is 5.72. The molecule has 0 fully saturated rings. The Morgan fingerprint density at radius 1 is 0.525 bits per heavy atom. The minimum atomic E-state index is -1.36. The van der Waals surface area contributed by atoms with E-state index < -0.39 is 5.60 Å². The smallest absolute Gasteiger partial charge is 0.141 e. The second-order valence-corrected chi connectivity index (χ2v) is 12.0. The average Bonchev–Trinajstić information content (AvgIpc) is 3.40. The van der Waals surface area contributed by atoms with Crippen molar-refractivity contribution in [2.75, 3.05) is 0 Å². The molecular weight excluding hydrogens is 572 g/mol. The van der Waals surface area contributed by atoms with Gasteiger partial charge in [-0.1, -0.05) is 143 Å². The molecule has 1 heterocycles. The summed E-state index contributed by atoms with van der Waals surface area (Å²) >= 11 is 5.47. The Kier molecular flexibility index (Phi) is 6.36. The topological polar surface area (TPSA) is 20.2 Å². The molecule has 0 aliphatic rings. The Bertz CT molecular complexity index is 1970. The van der Waals surface area contributed by atoms with Crippen molar-refractivity contribution in [1.29, 1.82) is 0 Å². The van der Waals surface area contributed by atoms with Crippen molar-refractivity contribution < 1.29 is 5.11 Å². The first-order valence-electron chi connectivity index (χ1n) is 13.3. The number of halogens is 1. The summed E-state index contributed by atoms with van der Waals surface area (Å²) in [6.07, 6.45) is 0. The maximum Gasteiger partial charge on any atom is 0.141 e. The molecule has 7 aromatic rings. The Morgan fingerprint density at radius 3 is 2.00 bits per heavy atom. The van der Waals surface area contributed by atoms with Gasteiger partial charge in [-0.15, -0.1) is 11.3 Å². The van der Waals surface area contributed by atoms with Gasteiger partial charge in [-0.25, -0.2) is 0 Å². The number of hydrogen-bond acceptors (Lipinski definition) is 2. The Hall–Kier alpha value is -4.02. The highest BCUT2D eigenvalue weighted by Crippen LogP contribution is 2.44. The van der Waals surface area contributed by atoms with Gasteiger partial charge in [0.25, 0.3) is 0 Å². The average molecular weight is 598 g/mol. The molecule has 0 radical (unpaired) electrons. The standard InChI is InChI=1S/C37H25BrOS/c38-29-13-8-12-28(24-29)37(39,34-18-6-4-14-30(34)25-10-2-1-3-11-25)27-22-20-26(21-23-27)31-16-9-17-33-32-15-5-7-19-35(32)40-36(31)33/h1-24,39H. The van der Waals surface area contributed by atoms with Crippen molar-refractivity contribution in [3.63, 3.8) is 0 Å². The van der Waals surface area contributed by atoms with E-state index in [2.05, 4.69) is 101 Å². The minimum absolute atomic E-state index is 0.810. The second kappa shape index (κ2) is 10.2. The summed E-state index contributed by atoms with van der Waals surface area (Å²) in [6.45, 7) is 0. The molecule has 0 aliphatic carbocycles. The van der Waals surface area contributed by atoms with E-state index >= 15 is 0 Å². The van der Waals surface area contributed by atoms with Crippen LogP contribution < -0.4 is 0 Å². The third-order valence-corrected chi connectivity index (χ3v) is 9.38. The molecule has 0 amide bonds. The Morgan fingerprint density at radius 2 is 1.18 bits per heavy atom. The van der Waals surface area contributed by atoms with Crippen LogP contribution in [-0.2, 0) is 5.60 Å². The maximum atomic E-state index is 12.8. The third-order valence-electron chi connectivity index (χ3n) is 7.66. The van der Waals surface area contributed by atoms with Crippen molar-refractivity contribution in [1.82, 2.24) is 0 Å². The van der Waals surface area contributed by atoms with E-state index in [-0.39, 0.29) is 0 Å². The van der Waals surface area contributed by atoms with Crippen LogP contribution in [-0.4, -0.2) is 5.11 Å². The molecule has 192 valence electrons. The van der Waals surface area contributed by atoms with Gasteiger partial charge in [0.1, 0.15) is 5.60 Å². The zero-order valence-corrected chi connectivity index (χ0v) is 24.0. The number of rotatable bonds is 5. The van der Waals surface area contributed by atoms with E-state index in [9.17, 15) is 5.11 Å². The van der Waals surface area contributed by atoms with Crippen molar-refractivity contribution >= 4 is 47.4 Å². The van der Waals surface area contributed by atoms with E-state index in [1.54, 1.807) is 0 Å². The fourth-order valence-corrected chi connectivity index (χ4v) is 7.36. The normalized spacial score (nSPS) is 12.9. The van der Waals surface area contributed by atoms with Crippen molar-refractivity contribution in [3.8, 4) is 22.3 Å². The van der Waals surface area contributed by atoms with Gasteiger partial charge >= 0.3 is 0 Å². The van der Waals surface area contributed by atoms with Gasteiger partial charge in [0.15, 0.2) is 0 Å². The monoisotopic (exact) mass is 596 g/mol. The maximum absolute atomic E-state index is 12.8. The second-order valence-electron chi connectivity index (χ2n) is 9.99. The number of thiophene rings is 1. The quantitative estimate of drug-likeness (QED) is 0.196. The molecule has 3 heteroatoms. The lowest BCUT2D eigenvalue weighted by Gasteiger charge is -2.32. The van der Waals surface area contributed by atoms with Crippen LogP contribution in [0, 0.1) is 0 Å². The zero-order chi connectivity index (χ0) is 27.1. The molecule has 0 aliphatic heterocycles. The molecule has 0 spiro atoms. The van der Waals surface area contributed by atoms with Gasteiger partial charge in [0, 0.05) is 30.2 Å². The molecule has 0 saturated carbocycles. The highest BCUT2D eigenvalue weighted by Gasteiger charge is 2.36. The lowest BCUT2D eigenvalue weighted by Crippen LogP contribution is -2.29. The summed E-state index contributed by atoms with van der Waals surface area (Å²) in [6, 6.07) is 50.0. The van der Waals surface area contributed by atoms with Crippen LogP contribution in [0.5, 0.6) is 0 Å². The number of benzene rings is 6. The van der Waals surface area contributed by atoms with Crippen LogP contribution in [0.15, 0.2) is 150 Å². The first kappa shape index (κ1) is 25.0. The minimum Gasteiger partial charge on any atom is -0.376 e. The summed E-state index contributed by atoms with van der Waals surface area (Å²) in [5.41, 5.74) is 5.53. The molecule has 1 unspecified atom stereocenters. The summed E-state index contributed by atoms with van der Waals surface area (Å²) in [5.74, 6) is 0. The molecule has 40 heavy (non-hydrogen) atoms. The molecule has 6 aromatic carbocycles. The van der Waals surface area contributed by atoms with E-state index in [0.29, 0.717) is 0 Å². The van der Waals surface area contributed by atoms with Crippen LogP contribution in [0.3, 0.4) is 0 Å². The fraction of sp³-hybridized carbons (Fsp3) is 0.0270. The van der Waals surface area contributed by atoms with Gasteiger partial charge in [0.2, 0.25) is 0 Å². The van der Waals surface area contributed by atoms with Crippen LogP contribution in [0.25, 0.3) is 42.4 Å². The summed E-state index contributed by atoms with van der Waals surface area (Å²) in [4.78, 5) is 0. The van der Waals surface area contributed by atoms with E-state index in [1.165, 1.54) is 25.7 Å². The highest BCUT2D eigenvalue weighted by molar-refractivity contribution is 9.10. The third kappa shape index (κ3) is 4.18. The molecule has 1 atom stereocenters. The van der Waals surface area contributed by atoms with E-state index in [0.717, 1.165) is 37.9 Å². The molecular formula is C37H25BrOS. The van der Waals surface area contributed by atoms with Crippen molar-refractivity contribution in [2.24, 2.45) is 0 Å². The summed E-state index contributed by atoms with van der Waals surface area (Å²) in [5, 5.41) is 15.4. The molecule has 0 bridgehead atoms. The Balaban J connectivity index is 1.41. The SMILES string of the molecule is OC(c1ccc(-c2cccc3c2sc2ccccc23)cc1)(c1cccc(Br)c1)c1ccccc1-c1ccccc1. The van der Waals surface area contributed by atoms with E-state index in [4.69, 9.17) is 0 Å². The summed E-state index contributed by atoms with van der Waals surface area (Å²) < 4.78 is 3.50. The predicted molar refractivity (Wildman–Crippen MR) is 173 cm³/mol. The predicted octanol–water partition coefficient (Wildman–Crippen LogP) is 10.4. The highest BCUT2D eigenvalue weighted by atomic mass is 79.9. The lowest BCUT2D eigenvalue weighted by molar-refractivity contribution is 0.126. The van der Waals surface area contributed by atoms with Crippen LogP contribution in [0.4, 0.5) is 0 Å². The first-order valence-corrected chi connectivity index (χ1v) is 14.9. The molecule has 1 nitrogen and oxygen atoms in total. The van der Waals surface area contributed by atoms with Gasteiger partial charge in [0.05, 0.1) is 0 Å². The number of fused-ring (bicyclic) bond motifs is 3. The van der Waals surface area contributed by atoms with Gasteiger partial charge in [-0.05, 0) is 51.6 Å². The summed E-state index contributed by atoms with van der Waals surface area (Å²) in [7, 11) is 0. The van der Waals surface area contributed by atoms with Crippen LogP contribution in [0.1, 0.15) is 16.7 Å². The van der Waals surface area contributed by atoms with E-state index in [1.807, 2.05) is 72.0 Å². The van der Waals surface area contributed by atoms with Gasteiger partial charge < -0.3 is 5.11 Å². The van der Waals surface area contributed by atoms with Gasteiger partial charge in [-0.2, -0.15) is 0 Å². The lowest BCUT2D eigenvalue weighted by atomic mass is 9.77. The number of hydrogen-bond donors (Lipinski definition) is 1.